The maximum Gasteiger partial charge on any atom is 0.266 e. The number of hydrogen-bond donors (Lipinski definition) is 3. The minimum atomic E-state index is -0.507. The van der Waals surface area contributed by atoms with Crippen LogP contribution in [0.15, 0.2) is 51.8 Å². The summed E-state index contributed by atoms with van der Waals surface area (Å²) >= 11 is 4.67. The van der Waals surface area contributed by atoms with Crippen LogP contribution in [-0.2, 0) is 4.79 Å². The lowest BCUT2D eigenvalue weighted by atomic mass is 9.93. The second-order valence-electron chi connectivity index (χ2n) is 5.64. The normalized spacial score (nSPS) is 19.6. The summed E-state index contributed by atoms with van der Waals surface area (Å²) in [5, 5.41) is 23.3. The quantitative estimate of drug-likeness (QED) is 0.513. The molecular weight excluding hydrogens is 414 g/mol. The first-order valence-corrected chi connectivity index (χ1v) is 9.44. The molecule has 6 nitrogen and oxygen atoms in total. The summed E-state index contributed by atoms with van der Waals surface area (Å²) in [5.74, 6) is -0.566. The molecule has 1 aliphatic rings. The Hall–Kier alpha value is -2.49. The number of hydrogen-bond acceptors (Lipinski definition) is 6. The van der Waals surface area contributed by atoms with Gasteiger partial charge >= 0.3 is 0 Å². The van der Waals surface area contributed by atoms with Crippen LogP contribution in [0.5, 0.6) is 0 Å². The Kier molecular flexibility index (Phi) is 5.82. The van der Waals surface area contributed by atoms with Gasteiger partial charge in [-0.25, -0.2) is 5.43 Å². The monoisotopic (exact) mass is 427 g/mol. The molecule has 0 spiro atoms. The summed E-state index contributed by atoms with van der Waals surface area (Å²) < 4.78 is 0.987. The van der Waals surface area contributed by atoms with Gasteiger partial charge in [0.25, 0.3) is 5.91 Å². The van der Waals surface area contributed by atoms with Crippen LogP contribution in [0.1, 0.15) is 17.2 Å². The van der Waals surface area contributed by atoms with E-state index in [1.54, 1.807) is 17.5 Å². The molecular formula is C18H14BrN5OS. The van der Waals surface area contributed by atoms with Crippen molar-refractivity contribution in [2.75, 3.05) is 11.9 Å². The van der Waals surface area contributed by atoms with Crippen LogP contribution in [0.25, 0.3) is 0 Å². The summed E-state index contributed by atoms with van der Waals surface area (Å²) in [6.07, 6.45) is 1.68. The summed E-state index contributed by atoms with van der Waals surface area (Å²) in [7, 11) is 0. The molecule has 1 aliphatic heterocycles. The standard InChI is InChI=1S/C18H14BrN5OS/c19-15-3-1-11(2-4-15)16-14(10-22-24-16)7-13(9-21)17(25)23-18-12(8-20)5-6-26-18/h1-7,14,16,22,24H,10H2,(H,23,25)/b13-7+. The number of amides is 1. The van der Waals surface area contributed by atoms with E-state index < -0.39 is 5.91 Å². The number of carbonyl (C=O) groups excluding carboxylic acids is 1. The molecule has 1 fully saturated rings. The van der Waals surface area contributed by atoms with Crippen LogP contribution in [0.2, 0.25) is 0 Å². The highest BCUT2D eigenvalue weighted by Gasteiger charge is 2.28. The van der Waals surface area contributed by atoms with E-state index in [1.165, 1.54) is 11.3 Å². The molecule has 1 saturated heterocycles. The van der Waals surface area contributed by atoms with Crippen LogP contribution in [0, 0.1) is 28.6 Å². The zero-order valence-electron chi connectivity index (χ0n) is 13.5. The van der Waals surface area contributed by atoms with Gasteiger partial charge in [-0.05, 0) is 29.1 Å². The SMILES string of the molecule is N#C/C(=C\C1CNNC1c1ccc(Br)cc1)C(=O)Nc1sccc1C#N. The second kappa shape index (κ2) is 8.26. The fraction of sp³-hybridized carbons (Fsp3) is 0.167. The molecule has 26 heavy (non-hydrogen) atoms. The summed E-state index contributed by atoms with van der Waals surface area (Å²) in [6, 6.07) is 13.5. The molecule has 1 aromatic heterocycles. The number of nitrogens with one attached hydrogen (secondary N) is 3. The Morgan fingerprint density at radius 2 is 2.08 bits per heavy atom. The number of benzene rings is 1. The van der Waals surface area contributed by atoms with Crippen LogP contribution in [0.3, 0.4) is 0 Å². The molecule has 0 bridgehead atoms. The molecule has 3 rings (SSSR count). The molecule has 2 heterocycles. The molecule has 2 aromatic rings. The number of nitriles is 2. The fourth-order valence-corrected chi connectivity index (χ4v) is 3.71. The average molecular weight is 428 g/mol. The van der Waals surface area contributed by atoms with Gasteiger partial charge in [0.15, 0.2) is 0 Å². The van der Waals surface area contributed by atoms with Crippen molar-refractivity contribution in [2.45, 2.75) is 6.04 Å². The van der Waals surface area contributed by atoms with Crippen molar-refractivity contribution in [3.8, 4) is 12.1 Å². The molecule has 2 unspecified atom stereocenters. The van der Waals surface area contributed by atoms with Gasteiger partial charge in [0.1, 0.15) is 22.7 Å². The molecule has 3 N–H and O–H groups in total. The molecule has 1 amide bonds. The third kappa shape index (κ3) is 4.01. The van der Waals surface area contributed by atoms with E-state index in [4.69, 9.17) is 5.26 Å². The molecule has 2 atom stereocenters. The highest BCUT2D eigenvalue weighted by atomic mass is 79.9. The van der Waals surface area contributed by atoms with Crippen molar-refractivity contribution >= 4 is 38.2 Å². The van der Waals surface area contributed by atoms with Gasteiger partial charge in [0.2, 0.25) is 0 Å². The Morgan fingerprint density at radius 1 is 1.31 bits per heavy atom. The van der Waals surface area contributed by atoms with Crippen molar-refractivity contribution in [2.24, 2.45) is 5.92 Å². The van der Waals surface area contributed by atoms with Gasteiger partial charge in [-0.3, -0.25) is 10.2 Å². The minimum Gasteiger partial charge on any atom is -0.312 e. The lowest BCUT2D eigenvalue weighted by molar-refractivity contribution is -0.112. The Labute approximate surface area is 163 Å². The Morgan fingerprint density at radius 3 is 2.77 bits per heavy atom. The van der Waals surface area contributed by atoms with Gasteiger partial charge in [-0.2, -0.15) is 10.5 Å². The van der Waals surface area contributed by atoms with Crippen LogP contribution < -0.4 is 16.2 Å². The molecule has 130 valence electrons. The van der Waals surface area contributed by atoms with E-state index in [-0.39, 0.29) is 17.5 Å². The van der Waals surface area contributed by atoms with Crippen LogP contribution in [-0.4, -0.2) is 12.5 Å². The Bertz CT molecular complexity index is 922. The van der Waals surface area contributed by atoms with Crippen LogP contribution in [0.4, 0.5) is 5.00 Å². The molecule has 8 heteroatoms. The topological polar surface area (TPSA) is 101 Å². The van der Waals surface area contributed by atoms with Crippen molar-refractivity contribution in [1.29, 1.82) is 10.5 Å². The molecule has 0 radical (unpaired) electrons. The maximum absolute atomic E-state index is 12.4. The van der Waals surface area contributed by atoms with Gasteiger partial charge < -0.3 is 5.32 Å². The molecule has 0 saturated carbocycles. The number of carbonyl (C=O) groups is 1. The first kappa shape index (κ1) is 18.3. The van der Waals surface area contributed by atoms with E-state index in [2.05, 4.69) is 32.1 Å². The number of thiophene rings is 1. The van der Waals surface area contributed by atoms with E-state index in [0.717, 1.165) is 10.0 Å². The predicted molar refractivity (Wildman–Crippen MR) is 103 cm³/mol. The first-order valence-electron chi connectivity index (χ1n) is 7.77. The van der Waals surface area contributed by atoms with Gasteiger partial charge in [-0.1, -0.05) is 34.1 Å². The first-order chi connectivity index (χ1) is 12.6. The summed E-state index contributed by atoms with van der Waals surface area (Å²) in [4.78, 5) is 12.4. The van der Waals surface area contributed by atoms with Gasteiger partial charge in [-0.15, -0.1) is 11.3 Å². The zero-order chi connectivity index (χ0) is 18.5. The van der Waals surface area contributed by atoms with E-state index in [0.29, 0.717) is 17.1 Å². The number of anilines is 1. The summed E-state index contributed by atoms with van der Waals surface area (Å²) in [6.45, 7) is 0.599. The number of halogens is 1. The number of hydrazine groups is 1. The van der Waals surface area contributed by atoms with Crippen molar-refractivity contribution < 1.29 is 4.79 Å². The third-order valence-corrected chi connectivity index (χ3v) is 5.37. The lowest BCUT2D eigenvalue weighted by Gasteiger charge is -2.16. The van der Waals surface area contributed by atoms with E-state index in [1.807, 2.05) is 36.4 Å². The van der Waals surface area contributed by atoms with Crippen LogP contribution >= 0.6 is 27.3 Å². The van der Waals surface area contributed by atoms with Gasteiger partial charge in [0.05, 0.1) is 11.6 Å². The number of nitrogens with zero attached hydrogens (tertiary/aromatic N) is 2. The predicted octanol–water partition coefficient (Wildman–Crippen LogP) is 3.24. The van der Waals surface area contributed by atoms with E-state index in [9.17, 15) is 10.1 Å². The largest absolute Gasteiger partial charge is 0.312 e. The highest BCUT2D eigenvalue weighted by molar-refractivity contribution is 9.10. The Balaban J connectivity index is 1.79. The lowest BCUT2D eigenvalue weighted by Crippen LogP contribution is -2.24. The third-order valence-electron chi connectivity index (χ3n) is 4.01. The molecule has 0 aliphatic carbocycles. The van der Waals surface area contributed by atoms with Crippen molar-refractivity contribution in [3.05, 3.63) is 63.0 Å². The van der Waals surface area contributed by atoms with Gasteiger partial charge in [0, 0.05) is 16.9 Å². The van der Waals surface area contributed by atoms with Crippen molar-refractivity contribution in [3.63, 3.8) is 0 Å². The van der Waals surface area contributed by atoms with Crippen molar-refractivity contribution in [1.82, 2.24) is 10.9 Å². The molecule has 1 aromatic carbocycles. The summed E-state index contributed by atoms with van der Waals surface area (Å²) in [5.41, 5.74) is 7.73. The average Bonchev–Trinajstić information content (AvgIpc) is 3.29. The zero-order valence-corrected chi connectivity index (χ0v) is 15.9. The second-order valence-corrected chi connectivity index (χ2v) is 7.47. The van der Waals surface area contributed by atoms with E-state index >= 15 is 0 Å². The smallest absolute Gasteiger partial charge is 0.266 e. The fourth-order valence-electron chi connectivity index (χ4n) is 2.71. The number of rotatable bonds is 4. The highest BCUT2D eigenvalue weighted by Crippen LogP contribution is 2.28. The minimum absolute atomic E-state index is 0.0277. The maximum atomic E-state index is 12.4.